The van der Waals surface area contributed by atoms with E-state index in [1.807, 2.05) is 0 Å². The van der Waals surface area contributed by atoms with Gasteiger partial charge in [0, 0.05) is 13.2 Å². The largest absolute Gasteiger partial charge is 0.530 e. The molecule has 1 rings (SSSR count). The number of phosphoric ester groups is 1. The van der Waals surface area contributed by atoms with E-state index in [4.69, 9.17) is 9.05 Å². The molecular weight excluding hydrogens is 249 g/mol. The van der Waals surface area contributed by atoms with Crippen LogP contribution in [0.5, 0.6) is 5.75 Å². The predicted octanol–water partition coefficient (Wildman–Crippen LogP) is 2.76. The molecule has 0 aliphatic carbocycles. The van der Waals surface area contributed by atoms with Crippen LogP contribution in [0.3, 0.4) is 0 Å². The van der Waals surface area contributed by atoms with Gasteiger partial charge in [0.25, 0.3) is 0 Å². The second kappa shape index (κ2) is 5.77. The van der Waals surface area contributed by atoms with Crippen molar-refractivity contribution in [2.45, 2.75) is 6.92 Å². The molecule has 1 unspecified atom stereocenters. The molecule has 0 fully saturated rings. The lowest BCUT2D eigenvalue weighted by atomic mass is 10.3. The third-order valence-corrected chi connectivity index (χ3v) is 3.22. The van der Waals surface area contributed by atoms with Crippen molar-refractivity contribution in [3.05, 3.63) is 34.4 Å². The molecule has 94 valence electrons. The van der Waals surface area contributed by atoms with Gasteiger partial charge < -0.3 is 4.52 Å². The van der Waals surface area contributed by atoms with Gasteiger partial charge in [-0.25, -0.2) is 4.57 Å². The Morgan fingerprint density at radius 1 is 1.41 bits per heavy atom. The lowest BCUT2D eigenvalue weighted by molar-refractivity contribution is -0.385. The Hall–Kier alpha value is -1.43. The Kier molecular flexibility index (Phi) is 4.62. The number of nitro benzene ring substituents is 1. The zero-order valence-electron chi connectivity index (χ0n) is 9.36. The Morgan fingerprint density at radius 2 is 2.06 bits per heavy atom. The van der Waals surface area contributed by atoms with Crippen molar-refractivity contribution in [1.29, 1.82) is 0 Å². The number of benzene rings is 1. The van der Waals surface area contributed by atoms with Gasteiger partial charge in [-0.05, 0) is 13.0 Å². The van der Waals surface area contributed by atoms with E-state index in [1.165, 1.54) is 24.3 Å². The minimum atomic E-state index is -3.79. The molecule has 0 heterocycles. The first-order chi connectivity index (χ1) is 8.02. The minimum absolute atomic E-state index is 0.103. The van der Waals surface area contributed by atoms with Crippen molar-refractivity contribution in [3.8, 4) is 5.75 Å². The molecule has 0 aromatic heterocycles. The van der Waals surface area contributed by atoms with Crippen molar-refractivity contribution in [2.24, 2.45) is 0 Å². The molecule has 0 saturated carbocycles. The van der Waals surface area contributed by atoms with Crippen molar-refractivity contribution in [1.82, 2.24) is 0 Å². The number of nitro groups is 1. The third kappa shape index (κ3) is 3.52. The van der Waals surface area contributed by atoms with Gasteiger partial charge in [0.1, 0.15) is 0 Å². The molecule has 7 nitrogen and oxygen atoms in total. The molecule has 1 atom stereocenters. The maximum atomic E-state index is 11.8. The van der Waals surface area contributed by atoms with Gasteiger partial charge in [0.05, 0.1) is 11.5 Å². The maximum Gasteiger partial charge on any atom is 0.530 e. The average Bonchev–Trinajstić information content (AvgIpc) is 2.29. The van der Waals surface area contributed by atoms with Gasteiger partial charge in [-0.2, -0.15) is 0 Å². The number of hydrogen-bond acceptors (Lipinski definition) is 6. The fraction of sp³-hybridized carbons (Fsp3) is 0.333. The zero-order valence-corrected chi connectivity index (χ0v) is 10.3. The van der Waals surface area contributed by atoms with E-state index < -0.39 is 12.7 Å². The fourth-order valence-corrected chi connectivity index (χ4v) is 2.02. The van der Waals surface area contributed by atoms with Gasteiger partial charge in [-0.15, -0.1) is 0 Å². The monoisotopic (exact) mass is 261 g/mol. The predicted molar refractivity (Wildman–Crippen MR) is 60.0 cm³/mol. The van der Waals surface area contributed by atoms with E-state index >= 15 is 0 Å². The molecule has 17 heavy (non-hydrogen) atoms. The lowest BCUT2D eigenvalue weighted by Gasteiger charge is -2.15. The first-order valence-corrected chi connectivity index (χ1v) is 6.22. The molecule has 1 aromatic carbocycles. The fourth-order valence-electron chi connectivity index (χ4n) is 1.08. The number of hydrogen-bond donors (Lipinski definition) is 0. The molecule has 0 saturated heterocycles. The summed E-state index contributed by atoms with van der Waals surface area (Å²) >= 11 is 0. The average molecular weight is 261 g/mol. The summed E-state index contributed by atoms with van der Waals surface area (Å²) in [5.41, 5.74) is -0.301. The van der Waals surface area contributed by atoms with Crippen LogP contribution in [0, 0.1) is 10.1 Å². The van der Waals surface area contributed by atoms with Gasteiger partial charge in [0.2, 0.25) is 5.75 Å². The quantitative estimate of drug-likeness (QED) is 0.444. The summed E-state index contributed by atoms with van der Waals surface area (Å²) in [4.78, 5) is 10.1. The summed E-state index contributed by atoms with van der Waals surface area (Å²) in [6.07, 6.45) is 0. The summed E-state index contributed by atoms with van der Waals surface area (Å²) in [5.74, 6) is -0.156. The number of phosphoric acid groups is 1. The highest BCUT2D eigenvalue weighted by Crippen LogP contribution is 2.50. The Bertz CT molecular complexity index is 449. The van der Waals surface area contributed by atoms with Crippen LogP contribution in [0.1, 0.15) is 6.92 Å². The molecule has 8 heteroatoms. The molecule has 0 amide bonds. The van der Waals surface area contributed by atoms with Crippen molar-refractivity contribution >= 4 is 13.5 Å². The van der Waals surface area contributed by atoms with Crippen molar-refractivity contribution in [3.63, 3.8) is 0 Å². The van der Waals surface area contributed by atoms with Crippen LogP contribution in [0.25, 0.3) is 0 Å². The molecule has 0 radical (unpaired) electrons. The van der Waals surface area contributed by atoms with E-state index in [9.17, 15) is 14.7 Å². The summed E-state index contributed by atoms with van der Waals surface area (Å²) in [6.45, 7) is 1.71. The molecule has 0 N–H and O–H groups in total. The van der Waals surface area contributed by atoms with Crippen LogP contribution in [-0.4, -0.2) is 18.6 Å². The lowest BCUT2D eigenvalue weighted by Crippen LogP contribution is -2.01. The zero-order chi connectivity index (χ0) is 12.9. The number of rotatable bonds is 6. The molecular formula is C9H12NO6P. The third-order valence-electron chi connectivity index (χ3n) is 1.78. The van der Waals surface area contributed by atoms with E-state index in [0.29, 0.717) is 0 Å². The van der Waals surface area contributed by atoms with E-state index in [1.54, 1.807) is 6.92 Å². The van der Waals surface area contributed by atoms with Gasteiger partial charge in [-0.1, -0.05) is 12.1 Å². The van der Waals surface area contributed by atoms with Gasteiger partial charge in [0.15, 0.2) is 0 Å². The second-order valence-corrected chi connectivity index (χ2v) is 4.56. The first-order valence-electron chi connectivity index (χ1n) is 4.75. The highest BCUT2D eigenvalue weighted by atomic mass is 31.2. The normalized spacial score (nSPS) is 14.0. The summed E-state index contributed by atoms with van der Waals surface area (Å²) < 4.78 is 26.2. The summed E-state index contributed by atoms with van der Waals surface area (Å²) in [6, 6.07) is 5.56. The van der Waals surface area contributed by atoms with E-state index in [-0.39, 0.29) is 18.0 Å². The number of para-hydroxylation sites is 2. The summed E-state index contributed by atoms with van der Waals surface area (Å²) in [7, 11) is -2.65. The SMILES string of the molecule is CCOP(=O)(OC)Oc1ccccc1[N+](=O)[O-]. The van der Waals surface area contributed by atoms with Crippen LogP contribution in [0.4, 0.5) is 5.69 Å². The highest BCUT2D eigenvalue weighted by molar-refractivity contribution is 7.48. The Morgan fingerprint density at radius 3 is 2.59 bits per heavy atom. The maximum absolute atomic E-state index is 11.8. The molecule has 1 aromatic rings. The van der Waals surface area contributed by atoms with Crippen LogP contribution in [0.15, 0.2) is 24.3 Å². The standard InChI is InChI=1S/C9H12NO6P/c1-3-15-17(13,14-2)16-9-7-5-4-6-8(9)10(11)12/h4-7H,3H2,1-2H3. The smallest absolute Gasteiger partial charge is 0.397 e. The van der Waals surface area contributed by atoms with Gasteiger partial charge in [-0.3, -0.25) is 19.2 Å². The summed E-state index contributed by atoms with van der Waals surface area (Å²) in [5, 5.41) is 10.7. The van der Waals surface area contributed by atoms with Crippen molar-refractivity contribution < 1.29 is 23.1 Å². The van der Waals surface area contributed by atoms with E-state index in [0.717, 1.165) is 7.11 Å². The minimum Gasteiger partial charge on any atom is -0.397 e. The number of nitrogens with zero attached hydrogens (tertiary/aromatic N) is 1. The Labute approximate surface area is 98.1 Å². The molecule has 0 bridgehead atoms. The van der Waals surface area contributed by atoms with Crippen LogP contribution in [0.2, 0.25) is 0 Å². The topological polar surface area (TPSA) is 87.9 Å². The van der Waals surface area contributed by atoms with Crippen molar-refractivity contribution in [2.75, 3.05) is 13.7 Å². The van der Waals surface area contributed by atoms with Crippen LogP contribution in [-0.2, 0) is 13.6 Å². The molecule has 0 aliphatic rings. The highest BCUT2D eigenvalue weighted by Gasteiger charge is 2.29. The van der Waals surface area contributed by atoms with E-state index in [2.05, 4.69) is 4.52 Å². The van der Waals surface area contributed by atoms with Crippen LogP contribution < -0.4 is 4.52 Å². The Balaban J connectivity index is 3.01. The van der Waals surface area contributed by atoms with Crippen LogP contribution >= 0.6 is 7.82 Å². The molecule has 0 spiro atoms. The van der Waals surface area contributed by atoms with Gasteiger partial charge >= 0.3 is 13.5 Å². The molecule has 0 aliphatic heterocycles. The second-order valence-electron chi connectivity index (χ2n) is 2.86. The first kappa shape index (κ1) is 13.6.